The van der Waals surface area contributed by atoms with Gasteiger partial charge in [0.15, 0.2) is 0 Å². The highest BCUT2D eigenvalue weighted by Gasteiger charge is 2.14. The van der Waals surface area contributed by atoms with Crippen LogP contribution in [0.5, 0.6) is 0 Å². The van der Waals surface area contributed by atoms with Crippen LogP contribution in [-0.2, 0) is 0 Å². The first-order chi connectivity index (χ1) is 9.88. The summed E-state index contributed by atoms with van der Waals surface area (Å²) in [7, 11) is 0. The van der Waals surface area contributed by atoms with E-state index in [-0.39, 0.29) is 23.1 Å². The third-order valence-electron chi connectivity index (χ3n) is 3.36. The van der Waals surface area contributed by atoms with Gasteiger partial charge in [0, 0.05) is 16.8 Å². The van der Waals surface area contributed by atoms with Crippen LogP contribution in [0.15, 0.2) is 36.4 Å². The van der Waals surface area contributed by atoms with Gasteiger partial charge in [-0.25, -0.2) is 8.78 Å². The zero-order valence-corrected chi connectivity index (χ0v) is 11.8. The normalized spacial score (nSPS) is 12.0. The Bertz CT molecular complexity index is 645. The number of nitrogen functional groups attached to an aromatic ring is 1. The van der Waals surface area contributed by atoms with Crippen LogP contribution in [0.25, 0.3) is 0 Å². The van der Waals surface area contributed by atoms with Crippen LogP contribution in [0, 0.1) is 18.6 Å². The molecule has 0 bridgehead atoms. The summed E-state index contributed by atoms with van der Waals surface area (Å²) in [6.07, 6.45) is 0. The monoisotopic (exact) mass is 290 g/mol. The fourth-order valence-corrected chi connectivity index (χ4v) is 1.95. The average Bonchev–Trinajstić information content (AvgIpc) is 2.44. The predicted octanol–water partition coefficient (Wildman–Crippen LogP) is 3.35. The highest BCUT2D eigenvalue weighted by Crippen LogP contribution is 2.19. The molecule has 3 N–H and O–H groups in total. The minimum Gasteiger partial charge on any atom is -0.398 e. The quantitative estimate of drug-likeness (QED) is 0.852. The van der Waals surface area contributed by atoms with Gasteiger partial charge in [-0.15, -0.1) is 0 Å². The Hall–Kier alpha value is -2.43. The lowest BCUT2D eigenvalue weighted by Crippen LogP contribution is -2.27. The standard InChI is InChI=1S/C16H16F2N2O/c1-9-14(18)7-12(8-15(9)19)16(21)20-10(2)11-3-5-13(17)6-4-11/h3-8,10H,19H2,1-2H3,(H,20,21). The van der Waals surface area contributed by atoms with Gasteiger partial charge in [-0.3, -0.25) is 4.79 Å². The lowest BCUT2D eigenvalue weighted by Gasteiger charge is -2.15. The lowest BCUT2D eigenvalue weighted by atomic mass is 10.1. The Morgan fingerprint density at radius 2 is 1.81 bits per heavy atom. The van der Waals surface area contributed by atoms with Crippen molar-refractivity contribution in [1.82, 2.24) is 5.32 Å². The Balaban J connectivity index is 2.16. The highest BCUT2D eigenvalue weighted by atomic mass is 19.1. The van der Waals surface area contributed by atoms with E-state index in [9.17, 15) is 13.6 Å². The van der Waals surface area contributed by atoms with Crippen molar-refractivity contribution in [3.8, 4) is 0 Å². The molecule has 0 aliphatic heterocycles. The Labute approximate surface area is 121 Å². The summed E-state index contributed by atoms with van der Waals surface area (Å²) in [4.78, 5) is 12.1. The molecule has 0 aliphatic rings. The molecule has 21 heavy (non-hydrogen) atoms. The van der Waals surface area contributed by atoms with E-state index in [1.54, 1.807) is 26.0 Å². The predicted molar refractivity (Wildman–Crippen MR) is 77.8 cm³/mol. The SMILES string of the molecule is Cc1c(N)cc(C(=O)NC(C)c2ccc(F)cc2)cc1F. The van der Waals surface area contributed by atoms with Crippen LogP contribution in [0.3, 0.4) is 0 Å². The molecule has 1 unspecified atom stereocenters. The number of anilines is 1. The third-order valence-corrected chi connectivity index (χ3v) is 3.36. The minimum atomic E-state index is -0.519. The van der Waals surface area contributed by atoms with Crippen molar-refractivity contribution in [3.63, 3.8) is 0 Å². The van der Waals surface area contributed by atoms with Gasteiger partial charge in [-0.1, -0.05) is 12.1 Å². The van der Waals surface area contributed by atoms with E-state index in [0.717, 1.165) is 11.6 Å². The number of benzene rings is 2. The van der Waals surface area contributed by atoms with Crippen LogP contribution in [0.2, 0.25) is 0 Å². The maximum atomic E-state index is 13.6. The molecule has 5 heteroatoms. The second-order valence-electron chi connectivity index (χ2n) is 4.92. The summed E-state index contributed by atoms with van der Waals surface area (Å²) in [5, 5.41) is 2.72. The first-order valence-corrected chi connectivity index (χ1v) is 6.50. The first-order valence-electron chi connectivity index (χ1n) is 6.50. The number of amides is 1. The fourth-order valence-electron chi connectivity index (χ4n) is 1.95. The molecule has 0 radical (unpaired) electrons. The van der Waals surface area contributed by atoms with Crippen LogP contribution in [0.1, 0.15) is 34.5 Å². The topological polar surface area (TPSA) is 55.1 Å². The second kappa shape index (κ2) is 5.91. The highest BCUT2D eigenvalue weighted by molar-refractivity contribution is 5.95. The number of rotatable bonds is 3. The number of carbonyl (C=O) groups excluding carboxylic acids is 1. The Morgan fingerprint density at radius 3 is 2.38 bits per heavy atom. The van der Waals surface area contributed by atoms with Gasteiger partial charge < -0.3 is 11.1 Å². The zero-order chi connectivity index (χ0) is 15.6. The third kappa shape index (κ3) is 3.37. The molecule has 0 saturated heterocycles. The molecule has 2 rings (SSSR count). The molecule has 2 aromatic rings. The molecule has 110 valence electrons. The molecule has 0 saturated carbocycles. The summed E-state index contributed by atoms with van der Waals surface area (Å²) >= 11 is 0. The van der Waals surface area contributed by atoms with Crippen molar-refractivity contribution < 1.29 is 13.6 Å². The van der Waals surface area contributed by atoms with E-state index in [1.165, 1.54) is 18.2 Å². The number of nitrogens with one attached hydrogen (secondary N) is 1. The van der Waals surface area contributed by atoms with Gasteiger partial charge in [-0.05, 0) is 43.7 Å². The second-order valence-corrected chi connectivity index (χ2v) is 4.92. The van der Waals surface area contributed by atoms with E-state index >= 15 is 0 Å². The number of hydrogen-bond acceptors (Lipinski definition) is 2. The first kappa shape index (κ1) is 15.0. The molecule has 0 aromatic heterocycles. The van der Waals surface area contributed by atoms with Crippen molar-refractivity contribution in [1.29, 1.82) is 0 Å². The molecule has 2 aromatic carbocycles. The Kier molecular flexibility index (Phi) is 4.21. The van der Waals surface area contributed by atoms with Gasteiger partial charge in [0.1, 0.15) is 11.6 Å². The molecular formula is C16H16F2N2O. The van der Waals surface area contributed by atoms with Crippen molar-refractivity contribution >= 4 is 11.6 Å². The molecular weight excluding hydrogens is 274 g/mol. The molecule has 0 aliphatic carbocycles. The van der Waals surface area contributed by atoms with Gasteiger partial charge in [0.2, 0.25) is 0 Å². The van der Waals surface area contributed by atoms with Crippen molar-refractivity contribution in [3.05, 3.63) is 64.7 Å². The minimum absolute atomic E-state index is 0.157. The number of carbonyl (C=O) groups is 1. The van der Waals surface area contributed by atoms with E-state index in [0.29, 0.717) is 5.56 Å². The summed E-state index contributed by atoms with van der Waals surface area (Å²) < 4.78 is 26.5. The maximum Gasteiger partial charge on any atom is 0.251 e. The fraction of sp³-hybridized carbons (Fsp3) is 0.188. The summed E-state index contributed by atoms with van der Waals surface area (Å²) in [6, 6.07) is 8.07. The van der Waals surface area contributed by atoms with Gasteiger partial charge in [0.05, 0.1) is 6.04 Å². The van der Waals surface area contributed by atoms with Crippen LogP contribution in [-0.4, -0.2) is 5.91 Å². The van der Waals surface area contributed by atoms with E-state index in [1.807, 2.05) is 0 Å². The van der Waals surface area contributed by atoms with Crippen molar-refractivity contribution in [2.45, 2.75) is 19.9 Å². The van der Waals surface area contributed by atoms with E-state index in [2.05, 4.69) is 5.32 Å². The van der Waals surface area contributed by atoms with Crippen molar-refractivity contribution in [2.24, 2.45) is 0 Å². The summed E-state index contributed by atoms with van der Waals surface area (Å²) in [5.41, 5.74) is 7.12. The number of halogens is 2. The molecule has 1 atom stereocenters. The molecule has 1 amide bonds. The van der Waals surface area contributed by atoms with Gasteiger partial charge in [-0.2, -0.15) is 0 Å². The largest absolute Gasteiger partial charge is 0.398 e. The lowest BCUT2D eigenvalue weighted by molar-refractivity contribution is 0.0939. The van der Waals surface area contributed by atoms with Gasteiger partial charge in [0.25, 0.3) is 5.91 Å². The van der Waals surface area contributed by atoms with E-state index in [4.69, 9.17) is 5.73 Å². The average molecular weight is 290 g/mol. The summed E-state index contributed by atoms with van der Waals surface area (Å²) in [5.74, 6) is -1.29. The smallest absolute Gasteiger partial charge is 0.251 e. The van der Waals surface area contributed by atoms with Crippen LogP contribution >= 0.6 is 0 Å². The number of nitrogens with two attached hydrogens (primary N) is 1. The molecule has 0 spiro atoms. The van der Waals surface area contributed by atoms with Crippen LogP contribution in [0.4, 0.5) is 14.5 Å². The summed E-state index contributed by atoms with van der Waals surface area (Å²) in [6.45, 7) is 3.31. The molecule has 3 nitrogen and oxygen atoms in total. The molecule has 0 fully saturated rings. The molecule has 0 heterocycles. The van der Waals surface area contributed by atoms with Crippen molar-refractivity contribution in [2.75, 3.05) is 5.73 Å². The van der Waals surface area contributed by atoms with Gasteiger partial charge >= 0.3 is 0 Å². The zero-order valence-electron chi connectivity index (χ0n) is 11.8. The van der Waals surface area contributed by atoms with E-state index < -0.39 is 11.7 Å². The van der Waals surface area contributed by atoms with Crippen LogP contribution < -0.4 is 11.1 Å². The number of hydrogen-bond donors (Lipinski definition) is 2. The maximum absolute atomic E-state index is 13.6. The Morgan fingerprint density at radius 1 is 1.19 bits per heavy atom.